The minimum Gasteiger partial charge on any atom is -0.300 e. The third kappa shape index (κ3) is 2.29. The van der Waals surface area contributed by atoms with Crippen molar-refractivity contribution in [3.05, 3.63) is 22.3 Å². The van der Waals surface area contributed by atoms with E-state index in [1.807, 2.05) is 0 Å². The Balaban J connectivity index is 1.71. The lowest BCUT2D eigenvalue weighted by molar-refractivity contribution is 0.0400. The third-order valence-electron chi connectivity index (χ3n) is 5.13. The Morgan fingerprint density at radius 3 is 2.71 bits per heavy atom. The molecular formula is C15H20N4S2. The van der Waals surface area contributed by atoms with E-state index in [-0.39, 0.29) is 0 Å². The van der Waals surface area contributed by atoms with Crippen LogP contribution in [0.1, 0.15) is 38.1 Å². The Kier molecular flexibility index (Phi) is 3.47. The number of aromatic nitrogens is 3. The lowest BCUT2D eigenvalue weighted by Crippen LogP contribution is -2.50. The second-order valence-electron chi connectivity index (χ2n) is 6.23. The normalized spacial score (nSPS) is 29.7. The standard InChI is InChI=1S/C15H20N4S2/c1-18-10-4-2-5-11(18)9-12(8-10)19-14(16-17-15(19)20)13-6-3-7-21-13/h3,6-7,10-12H,2,4-5,8-9H2,1H3,(H,17,20). The molecular weight excluding hydrogens is 300 g/mol. The molecule has 2 aliphatic heterocycles. The van der Waals surface area contributed by atoms with Crippen LogP contribution in [0.3, 0.4) is 0 Å². The fraction of sp³-hybridized carbons (Fsp3) is 0.600. The summed E-state index contributed by atoms with van der Waals surface area (Å²) in [5.41, 5.74) is 0. The van der Waals surface area contributed by atoms with Crippen molar-refractivity contribution in [1.82, 2.24) is 19.7 Å². The van der Waals surface area contributed by atoms with Crippen molar-refractivity contribution in [3.8, 4) is 10.7 Å². The van der Waals surface area contributed by atoms with Gasteiger partial charge in [0, 0.05) is 18.1 Å². The summed E-state index contributed by atoms with van der Waals surface area (Å²) in [6.45, 7) is 0. The van der Waals surface area contributed by atoms with Crippen molar-refractivity contribution in [3.63, 3.8) is 0 Å². The van der Waals surface area contributed by atoms with Crippen LogP contribution in [0, 0.1) is 4.77 Å². The molecule has 0 spiro atoms. The molecule has 2 saturated heterocycles. The highest BCUT2D eigenvalue weighted by Gasteiger charge is 2.37. The van der Waals surface area contributed by atoms with Gasteiger partial charge >= 0.3 is 0 Å². The van der Waals surface area contributed by atoms with Crippen LogP contribution in [-0.2, 0) is 0 Å². The molecule has 2 bridgehead atoms. The van der Waals surface area contributed by atoms with E-state index in [4.69, 9.17) is 12.2 Å². The molecule has 2 aromatic heterocycles. The molecule has 4 heterocycles. The van der Waals surface area contributed by atoms with E-state index in [0.29, 0.717) is 18.1 Å². The maximum Gasteiger partial charge on any atom is 0.195 e. The van der Waals surface area contributed by atoms with E-state index in [0.717, 1.165) is 10.6 Å². The minimum atomic E-state index is 0.486. The largest absolute Gasteiger partial charge is 0.300 e. The average molecular weight is 320 g/mol. The summed E-state index contributed by atoms with van der Waals surface area (Å²) in [4.78, 5) is 3.79. The maximum absolute atomic E-state index is 5.52. The van der Waals surface area contributed by atoms with Gasteiger partial charge in [0.2, 0.25) is 0 Å². The van der Waals surface area contributed by atoms with Crippen molar-refractivity contribution in [2.45, 2.75) is 50.2 Å². The van der Waals surface area contributed by atoms with Gasteiger partial charge in [-0.2, -0.15) is 5.10 Å². The molecule has 2 fully saturated rings. The highest BCUT2D eigenvalue weighted by Crippen LogP contribution is 2.40. The number of aromatic amines is 1. The first-order valence-corrected chi connectivity index (χ1v) is 8.95. The Morgan fingerprint density at radius 1 is 1.29 bits per heavy atom. The first kappa shape index (κ1) is 13.7. The number of rotatable bonds is 2. The van der Waals surface area contributed by atoms with E-state index in [1.54, 1.807) is 11.3 Å². The highest BCUT2D eigenvalue weighted by atomic mass is 32.1. The quantitative estimate of drug-likeness (QED) is 0.854. The van der Waals surface area contributed by atoms with Crippen LogP contribution in [0.2, 0.25) is 0 Å². The van der Waals surface area contributed by atoms with E-state index in [1.165, 1.54) is 37.0 Å². The summed E-state index contributed by atoms with van der Waals surface area (Å²) in [7, 11) is 2.29. The van der Waals surface area contributed by atoms with Gasteiger partial charge in [0.15, 0.2) is 10.6 Å². The van der Waals surface area contributed by atoms with E-state index >= 15 is 0 Å². The second kappa shape index (κ2) is 5.34. The van der Waals surface area contributed by atoms with Gasteiger partial charge in [-0.05, 0) is 56.4 Å². The van der Waals surface area contributed by atoms with Gasteiger partial charge in [0.05, 0.1) is 4.88 Å². The zero-order chi connectivity index (χ0) is 14.4. The number of piperidine rings is 2. The number of nitrogens with zero attached hydrogens (tertiary/aromatic N) is 3. The number of fused-ring (bicyclic) bond motifs is 2. The molecule has 6 heteroatoms. The molecule has 2 atom stereocenters. The summed E-state index contributed by atoms with van der Waals surface area (Å²) in [6.07, 6.45) is 6.41. The average Bonchev–Trinajstić information content (AvgIpc) is 3.07. The van der Waals surface area contributed by atoms with Crippen molar-refractivity contribution in [2.24, 2.45) is 0 Å². The third-order valence-corrected chi connectivity index (χ3v) is 6.28. The predicted molar refractivity (Wildman–Crippen MR) is 88.2 cm³/mol. The van der Waals surface area contributed by atoms with Crippen LogP contribution in [-0.4, -0.2) is 38.8 Å². The fourth-order valence-corrected chi connectivity index (χ4v) is 5.01. The molecule has 0 aliphatic carbocycles. The molecule has 2 aliphatic rings. The predicted octanol–water partition coefficient (Wildman–Crippen LogP) is 3.86. The maximum atomic E-state index is 5.52. The van der Waals surface area contributed by atoms with Crippen LogP contribution in [0.4, 0.5) is 0 Å². The molecule has 4 rings (SSSR count). The van der Waals surface area contributed by atoms with Crippen LogP contribution in [0.5, 0.6) is 0 Å². The van der Waals surface area contributed by atoms with E-state index < -0.39 is 0 Å². The number of hydrogen-bond donors (Lipinski definition) is 1. The molecule has 1 N–H and O–H groups in total. The minimum absolute atomic E-state index is 0.486. The summed E-state index contributed by atoms with van der Waals surface area (Å²) in [6, 6.07) is 6.10. The molecule has 21 heavy (non-hydrogen) atoms. The summed E-state index contributed by atoms with van der Waals surface area (Å²) in [5, 5.41) is 9.60. The van der Waals surface area contributed by atoms with Crippen LogP contribution in [0.25, 0.3) is 10.7 Å². The molecule has 0 radical (unpaired) electrons. The van der Waals surface area contributed by atoms with Gasteiger partial charge in [-0.1, -0.05) is 12.5 Å². The molecule has 4 nitrogen and oxygen atoms in total. The Bertz CT molecular complexity index is 658. The Hall–Kier alpha value is -0.980. The number of hydrogen-bond acceptors (Lipinski definition) is 4. The lowest BCUT2D eigenvalue weighted by atomic mass is 9.82. The van der Waals surface area contributed by atoms with Crippen molar-refractivity contribution < 1.29 is 0 Å². The first-order chi connectivity index (χ1) is 10.2. The molecule has 0 amide bonds. The Morgan fingerprint density at radius 2 is 2.05 bits per heavy atom. The number of nitrogens with one attached hydrogen (secondary N) is 1. The summed E-state index contributed by atoms with van der Waals surface area (Å²) in [5.74, 6) is 1.02. The lowest BCUT2D eigenvalue weighted by Gasteiger charge is -2.47. The zero-order valence-corrected chi connectivity index (χ0v) is 13.8. The number of thiophene rings is 1. The summed E-state index contributed by atoms with van der Waals surface area (Å²) >= 11 is 7.25. The molecule has 112 valence electrons. The van der Waals surface area contributed by atoms with E-state index in [2.05, 4.69) is 44.2 Å². The molecule has 2 unspecified atom stereocenters. The van der Waals surface area contributed by atoms with E-state index in [9.17, 15) is 0 Å². The van der Waals surface area contributed by atoms with Crippen molar-refractivity contribution in [1.29, 1.82) is 0 Å². The van der Waals surface area contributed by atoms with Gasteiger partial charge in [0.1, 0.15) is 0 Å². The van der Waals surface area contributed by atoms with Gasteiger partial charge < -0.3 is 4.90 Å². The summed E-state index contributed by atoms with van der Waals surface area (Å²) < 4.78 is 3.05. The van der Waals surface area contributed by atoms with Crippen LogP contribution >= 0.6 is 23.6 Å². The van der Waals surface area contributed by atoms with Crippen LogP contribution in [0.15, 0.2) is 17.5 Å². The van der Waals surface area contributed by atoms with Crippen LogP contribution < -0.4 is 0 Å². The highest BCUT2D eigenvalue weighted by molar-refractivity contribution is 7.71. The van der Waals surface area contributed by atoms with Gasteiger partial charge in [0.25, 0.3) is 0 Å². The van der Waals surface area contributed by atoms with Crippen molar-refractivity contribution >= 4 is 23.6 Å². The number of H-pyrrole nitrogens is 1. The molecule has 0 aromatic carbocycles. The topological polar surface area (TPSA) is 36.9 Å². The van der Waals surface area contributed by atoms with Gasteiger partial charge in [-0.3, -0.25) is 9.67 Å². The smallest absolute Gasteiger partial charge is 0.195 e. The first-order valence-electron chi connectivity index (χ1n) is 7.67. The zero-order valence-electron chi connectivity index (χ0n) is 12.2. The molecule has 0 saturated carbocycles. The van der Waals surface area contributed by atoms with Crippen molar-refractivity contribution in [2.75, 3.05) is 7.05 Å². The SMILES string of the molecule is CN1C2CCCC1CC(n1c(-c3cccs3)n[nH]c1=S)C2. The monoisotopic (exact) mass is 320 g/mol. The Labute approximate surface area is 133 Å². The van der Waals surface area contributed by atoms with Gasteiger partial charge in [-0.15, -0.1) is 11.3 Å². The van der Waals surface area contributed by atoms with Gasteiger partial charge in [-0.25, -0.2) is 0 Å². The fourth-order valence-electron chi connectivity index (χ4n) is 4.02. The second-order valence-corrected chi connectivity index (χ2v) is 7.56. The molecule has 2 aromatic rings.